The van der Waals surface area contributed by atoms with Gasteiger partial charge in [-0.3, -0.25) is 0 Å². The summed E-state index contributed by atoms with van der Waals surface area (Å²) in [5, 5.41) is 4.12. The third-order valence-electron chi connectivity index (χ3n) is 6.31. The van der Waals surface area contributed by atoms with Gasteiger partial charge in [-0.2, -0.15) is 13.2 Å². The van der Waals surface area contributed by atoms with Gasteiger partial charge in [-0.15, -0.1) is 6.42 Å². The molecule has 0 amide bonds. The topological polar surface area (TPSA) is 35.5 Å². The number of alkyl halides is 3. The van der Waals surface area contributed by atoms with E-state index in [1.807, 2.05) is 32.0 Å². The van der Waals surface area contributed by atoms with Crippen molar-refractivity contribution in [1.82, 2.24) is 0 Å². The predicted octanol–water partition coefficient (Wildman–Crippen LogP) is 7.43. The van der Waals surface area contributed by atoms with Crippen LogP contribution in [0.5, 0.6) is 5.75 Å². The van der Waals surface area contributed by atoms with E-state index < -0.39 is 23.3 Å². The average Bonchev–Trinajstić information content (AvgIpc) is 3.48. The van der Waals surface area contributed by atoms with E-state index in [1.54, 1.807) is 0 Å². The Labute approximate surface area is 205 Å². The lowest BCUT2D eigenvalue weighted by Crippen LogP contribution is -2.32. The van der Waals surface area contributed by atoms with Crippen LogP contribution in [-0.4, -0.2) is 12.6 Å². The highest BCUT2D eigenvalue weighted by Crippen LogP contribution is 2.43. The highest BCUT2D eigenvalue weighted by molar-refractivity contribution is 7.37. The van der Waals surface area contributed by atoms with Crippen LogP contribution in [0.15, 0.2) is 53.2 Å². The molecular formula is C28H26F3O3S+. The standard InChI is InChI=1S/C28H26F3O3S/c1-4-21-11-14-35(18-21)24-15-19(2)26(20(3)16-24)33-17-25(32)34-27(12-5-6-13-27)22-7-9-23(10-8-22)28(29,30)31/h1,7-11,14-16,18H,5-6,12-13,17H2,2-3H3/q+1. The zero-order valence-electron chi connectivity index (χ0n) is 19.6. The zero-order valence-corrected chi connectivity index (χ0v) is 20.4. The molecule has 0 spiro atoms. The van der Waals surface area contributed by atoms with Crippen molar-refractivity contribution >= 4 is 16.4 Å². The summed E-state index contributed by atoms with van der Waals surface area (Å²) in [7, 11) is -0.203. The summed E-state index contributed by atoms with van der Waals surface area (Å²) in [4.78, 5) is 13.9. The lowest BCUT2D eigenvalue weighted by atomic mass is 9.91. The Morgan fingerprint density at radius 3 is 2.26 bits per heavy atom. The van der Waals surface area contributed by atoms with Gasteiger partial charge in [0, 0.05) is 28.7 Å². The number of aryl methyl sites for hydroxylation is 2. The molecule has 3 aromatic rings. The molecule has 1 aliphatic carbocycles. The lowest BCUT2D eigenvalue weighted by Gasteiger charge is -2.30. The number of hydrogen-bond donors (Lipinski definition) is 0. The van der Waals surface area contributed by atoms with Crippen LogP contribution in [0.1, 0.15) is 53.5 Å². The lowest BCUT2D eigenvalue weighted by molar-refractivity contribution is -0.163. The molecule has 1 unspecified atom stereocenters. The van der Waals surface area contributed by atoms with E-state index in [9.17, 15) is 18.0 Å². The Morgan fingerprint density at radius 2 is 1.71 bits per heavy atom. The maximum Gasteiger partial charge on any atom is 0.416 e. The first-order valence-corrected chi connectivity index (χ1v) is 12.7. The molecule has 0 saturated heterocycles. The number of benzene rings is 2. The van der Waals surface area contributed by atoms with Gasteiger partial charge >= 0.3 is 12.1 Å². The first kappa shape index (κ1) is 24.9. The number of hydrogen-bond acceptors (Lipinski definition) is 3. The maximum atomic E-state index is 13.0. The zero-order chi connectivity index (χ0) is 25.2. The number of halogens is 3. The fourth-order valence-electron chi connectivity index (χ4n) is 4.60. The fraction of sp³-hybridized carbons (Fsp3) is 0.321. The summed E-state index contributed by atoms with van der Waals surface area (Å²) in [5.74, 6) is 2.72. The number of carbonyl (C=O) groups excluding carboxylic acids is 1. The van der Waals surface area contributed by atoms with E-state index in [0.717, 1.165) is 46.6 Å². The quantitative estimate of drug-likeness (QED) is 0.201. The number of ether oxygens (including phenoxy) is 2. The third-order valence-corrected chi connectivity index (χ3v) is 8.03. The molecule has 0 bridgehead atoms. The number of terminal acetylenes is 1. The number of carbonyl (C=O) groups is 1. The van der Waals surface area contributed by atoms with Gasteiger partial charge < -0.3 is 9.47 Å². The Kier molecular flexibility index (Phi) is 6.95. The van der Waals surface area contributed by atoms with Crippen molar-refractivity contribution in [2.45, 2.75) is 51.3 Å². The van der Waals surface area contributed by atoms with Gasteiger partial charge in [0.2, 0.25) is 0 Å². The first-order valence-electron chi connectivity index (χ1n) is 11.3. The van der Waals surface area contributed by atoms with Crippen LogP contribution in [0.25, 0.3) is 4.90 Å². The van der Waals surface area contributed by atoms with Gasteiger partial charge in [0.25, 0.3) is 0 Å². The molecule has 1 fully saturated rings. The van der Waals surface area contributed by atoms with E-state index in [2.05, 4.69) is 16.7 Å². The Bertz CT molecular complexity index is 1240. The van der Waals surface area contributed by atoms with E-state index in [0.29, 0.717) is 24.2 Å². The number of thiophene rings is 1. The summed E-state index contributed by atoms with van der Waals surface area (Å²) in [6.07, 6.45) is 3.88. The molecule has 182 valence electrons. The molecule has 4 rings (SSSR count). The van der Waals surface area contributed by atoms with Crippen LogP contribution < -0.4 is 4.74 Å². The van der Waals surface area contributed by atoms with Crippen LogP contribution in [0.3, 0.4) is 0 Å². The van der Waals surface area contributed by atoms with Gasteiger partial charge in [0.1, 0.15) is 16.7 Å². The van der Waals surface area contributed by atoms with Crippen molar-refractivity contribution in [2.24, 2.45) is 0 Å². The molecular weight excluding hydrogens is 473 g/mol. The second-order valence-electron chi connectivity index (χ2n) is 8.82. The molecule has 0 N–H and O–H groups in total. The molecule has 1 heterocycles. The van der Waals surface area contributed by atoms with Crippen LogP contribution >= 0.6 is 10.5 Å². The van der Waals surface area contributed by atoms with E-state index in [4.69, 9.17) is 15.9 Å². The van der Waals surface area contributed by atoms with Gasteiger partial charge in [-0.25, -0.2) is 4.79 Å². The van der Waals surface area contributed by atoms with Crippen LogP contribution in [-0.2, 0) is 21.3 Å². The predicted molar refractivity (Wildman–Crippen MR) is 131 cm³/mol. The van der Waals surface area contributed by atoms with E-state index >= 15 is 0 Å². The van der Waals surface area contributed by atoms with Gasteiger partial charge in [-0.1, -0.05) is 18.1 Å². The van der Waals surface area contributed by atoms with Crippen molar-refractivity contribution in [3.63, 3.8) is 0 Å². The highest BCUT2D eigenvalue weighted by atomic mass is 32.2. The summed E-state index contributed by atoms with van der Waals surface area (Å²) in [6.45, 7) is 3.57. The van der Waals surface area contributed by atoms with Gasteiger partial charge in [0.15, 0.2) is 16.9 Å². The SMILES string of the molecule is C#Cc1cc[s+](-c2cc(C)c(OCC(=O)OC3(c4ccc(C(F)(F)F)cc4)CCCC3)c(C)c2)c1. The Hall–Kier alpha value is -3.24. The summed E-state index contributed by atoms with van der Waals surface area (Å²) in [6, 6.07) is 10.9. The molecule has 1 atom stereocenters. The Morgan fingerprint density at radius 1 is 1.09 bits per heavy atom. The molecule has 7 heteroatoms. The van der Waals surface area contributed by atoms with E-state index in [1.165, 1.54) is 12.1 Å². The minimum absolute atomic E-state index is 0.203. The molecule has 0 radical (unpaired) electrons. The Balaban J connectivity index is 1.46. The second kappa shape index (κ2) is 9.79. The molecule has 1 saturated carbocycles. The van der Waals surface area contributed by atoms with Gasteiger partial charge in [0.05, 0.1) is 11.1 Å². The van der Waals surface area contributed by atoms with E-state index in [-0.39, 0.29) is 17.1 Å². The van der Waals surface area contributed by atoms with Crippen LogP contribution in [0.4, 0.5) is 13.2 Å². The fourth-order valence-corrected chi connectivity index (χ4v) is 6.31. The molecule has 3 nitrogen and oxygen atoms in total. The normalized spacial score (nSPS) is 15.5. The second-order valence-corrected chi connectivity index (χ2v) is 10.5. The van der Waals surface area contributed by atoms with Gasteiger partial charge in [-0.05, 0) is 68.4 Å². The smallest absolute Gasteiger partial charge is 0.416 e. The summed E-state index contributed by atoms with van der Waals surface area (Å²) >= 11 is 0. The van der Waals surface area contributed by atoms with Crippen LogP contribution in [0.2, 0.25) is 0 Å². The first-order chi connectivity index (χ1) is 16.6. The minimum Gasteiger partial charge on any atom is -0.481 e. The molecule has 1 aromatic heterocycles. The van der Waals surface area contributed by atoms with Crippen molar-refractivity contribution in [1.29, 1.82) is 0 Å². The summed E-state index contributed by atoms with van der Waals surface area (Å²) < 4.78 is 50.6. The number of esters is 1. The van der Waals surface area contributed by atoms with Crippen LogP contribution in [0, 0.1) is 26.2 Å². The third kappa shape index (κ3) is 5.38. The molecule has 35 heavy (non-hydrogen) atoms. The monoisotopic (exact) mass is 499 g/mol. The highest BCUT2D eigenvalue weighted by Gasteiger charge is 2.40. The largest absolute Gasteiger partial charge is 0.481 e. The molecule has 2 aromatic carbocycles. The maximum absolute atomic E-state index is 13.0. The average molecular weight is 500 g/mol. The van der Waals surface area contributed by atoms with Crippen molar-refractivity contribution in [2.75, 3.05) is 6.61 Å². The molecule has 0 aliphatic heterocycles. The number of rotatable bonds is 6. The van der Waals surface area contributed by atoms with Crippen molar-refractivity contribution in [3.05, 3.63) is 81.0 Å². The van der Waals surface area contributed by atoms with Crippen molar-refractivity contribution < 1.29 is 27.4 Å². The molecule has 1 aliphatic rings. The van der Waals surface area contributed by atoms with Crippen molar-refractivity contribution in [3.8, 4) is 23.0 Å². The minimum atomic E-state index is -4.41. The summed E-state index contributed by atoms with van der Waals surface area (Å²) in [5.41, 5.74) is 1.59.